The summed E-state index contributed by atoms with van der Waals surface area (Å²) >= 11 is 0. The van der Waals surface area contributed by atoms with E-state index in [4.69, 9.17) is 15.2 Å². The molecule has 1 rings (SSSR count). The van der Waals surface area contributed by atoms with Crippen LogP contribution < -0.4 is 11.1 Å². The van der Waals surface area contributed by atoms with E-state index in [-0.39, 0.29) is 11.8 Å². The zero-order chi connectivity index (χ0) is 13.2. The molecule has 2 atom stereocenters. The molecule has 1 fully saturated rings. The first-order chi connectivity index (χ1) is 8.77. The average Bonchev–Trinajstić information content (AvgIpc) is 2.42. The molecule has 18 heavy (non-hydrogen) atoms. The molecule has 5 heteroatoms. The van der Waals surface area contributed by atoms with Gasteiger partial charge in [-0.15, -0.1) is 0 Å². The van der Waals surface area contributed by atoms with Gasteiger partial charge in [-0.25, -0.2) is 0 Å². The molecule has 0 spiro atoms. The van der Waals surface area contributed by atoms with Crippen molar-refractivity contribution in [2.24, 2.45) is 17.6 Å². The third kappa shape index (κ3) is 5.80. The fourth-order valence-corrected chi connectivity index (χ4v) is 2.38. The van der Waals surface area contributed by atoms with Crippen molar-refractivity contribution in [3.8, 4) is 0 Å². The summed E-state index contributed by atoms with van der Waals surface area (Å²) in [5, 5.41) is 2.93. The van der Waals surface area contributed by atoms with Gasteiger partial charge in [-0.05, 0) is 31.7 Å². The van der Waals surface area contributed by atoms with E-state index in [0.717, 1.165) is 19.3 Å². The van der Waals surface area contributed by atoms with E-state index in [1.807, 2.05) is 0 Å². The Balaban J connectivity index is 2.08. The molecule has 0 bridgehead atoms. The number of carbonyl (C=O) groups excluding carboxylic acids is 1. The van der Waals surface area contributed by atoms with Crippen LogP contribution in [0.15, 0.2) is 0 Å². The van der Waals surface area contributed by atoms with Crippen LogP contribution in [-0.4, -0.2) is 45.9 Å². The Hall–Kier alpha value is -0.650. The van der Waals surface area contributed by atoms with Gasteiger partial charge in [0, 0.05) is 19.6 Å². The highest BCUT2D eigenvalue weighted by molar-refractivity contribution is 5.78. The summed E-state index contributed by atoms with van der Waals surface area (Å²) < 4.78 is 10.2. The minimum Gasteiger partial charge on any atom is -0.382 e. The molecule has 0 aromatic carbocycles. The maximum Gasteiger partial charge on any atom is 0.223 e. The number of amides is 1. The number of hydrogen-bond acceptors (Lipinski definition) is 4. The van der Waals surface area contributed by atoms with Crippen molar-refractivity contribution < 1.29 is 14.3 Å². The first-order valence-corrected chi connectivity index (χ1v) is 6.82. The lowest BCUT2D eigenvalue weighted by atomic mass is 9.81. The molecule has 1 aliphatic rings. The average molecular weight is 258 g/mol. The van der Waals surface area contributed by atoms with Gasteiger partial charge in [-0.2, -0.15) is 0 Å². The highest BCUT2D eigenvalue weighted by Gasteiger charge is 2.26. The van der Waals surface area contributed by atoms with Gasteiger partial charge in [-0.1, -0.05) is 6.42 Å². The standard InChI is InChI=1S/C13H26N2O3/c1-17-7-8-18-6-5-15-13(16)12-4-2-3-11(9-12)10-14/h11-12H,2-10,14H2,1H3,(H,15,16). The largest absolute Gasteiger partial charge is 0.382 e. The molecule has 0 saturated heterocycles. The fraction of sp³-hybridized carbons (Fsp3) is 0.923. The zero-order valence-electron chi connectivity index (χ0n) is 11.3. The van der Waals surface area contributed by atoms with E-state index in [0.29, 0.717) is 38.8 Å². The summed E-state index contributed by atoms with van der Waals surface area (Å²) in [5.74, 6) is 0.821. The zero-order valence-corrected chi connectivity index (χ0v) is 11.3. The minimum atomic E-state index is 0.145. The molecule has 0 radical (unpaired) electrons. The summed E-state index contributed by atoms with van der Waals surface area (Å²) in [6.45, 7) is 2.98. The summed E-state index contributed by atoms with van der Waals surface area (Å²) in [6, 6.07) is 0. The molecule has 1 aliphatic carbocycles. The Morgan fingerprint density at radius 1 is 1.33 bits per heavy atom. The Morgan fingerprint density at radius 2 is 2.17 bits per heavy atom. The smallest absolute Gasteiger partial charge is 0.223 e. The van der Waals surface area contributed by atoms with Crippen LogP contribution >= 0.6 is 0 Å². The SMILES string of the molecule is COCCOCCNC(=O)C1CCCC(CN)C1. The lowest BCUT2D eigenvalue weighted by Gasteiger charge is -2.27. The number of ether oxygens (including phenoxy) is 2. The predicted molar refractivity (Wildman–Crippen MR) is 70.2 cm³/mol. The van der Waals surface area contributed by atoms with Crippen molar-refractivity contribution in [3.05, 3.63) is 0 Å². The number of carbonyl (C=O) groups is 1. The number of nitrogens with two attached hydrogens (primary N) is 1. The number of rotatable bonds is 8. The van der Waals surface area contributed by atoms with E-state index in [9.17, 15) is 4.79 Å². The number of nitrogens with one attached hydrogen (secondary N) is 1. The van der Waals surface area contributed by atoms with Crippen molar-refractivity contribution in [3.63, 3.8) is 0 Å². The second kappa shape index (κ2) is 9.30. The number of methoxy groups -OCH3 is 1. The molecule has 0 aromatic rings. The Kier molecular flexibility index (Phi) is 7.96. The minimum absolute atomic E-state index is 0.145. The summed E-state index contributed by atoms with van der Waals surface area (Å²) in [4.78, 5) is 11.9. The van der Waals surface area contributed by atoms with Crippen LogP contribution in [0.4, 0.5) is 0 Å². The quantitative estimate of drug-likeness (QED) is 0.623. The van der Waals surface area contributed by atoms with Crippen molar-refractivity contribution >= 4 is 5.91 Å². The predicted octanol–water partition coefficient (Wildman–Crippen LogP) is 0.531. The van der Waals surface area contributed by atoms with E-state index in [1.54, 1.807) is 7.11 Å². The van der Waals surface area contributed by atoms with Crippen molar-refractivity contribution in [1.82, 2.24) is 5.32 Å². The van der Waals surface area contributed by atoms with Gasteiger partial charge in [0.2, 0.25) is 5.91 Å². The Morgan fingerprint density at radius 3 is 2.89 bits per heavy atom. The second-order valence-corrected chi connectivity index (χ2v) is 4.86. The molecule has 5 nitrogen and oxygen atoms in total. The van der Waals surface area contributed by atoms with E-state index >= 15 is 0 Å². The Labute approximate surface area is 109 Å². The highest BCUT2D eigenvalue weighted by Crippen LogP contribution is 2.28. The van der Waals surface area contributed by atoms with Crippen LogP contribution in [0.1, 0.15) is 25.7 Å². The Bertz CT molecular complexity index is 236. The topological polar surface area (TPSA) is 73.6 Å². The van der Waals surface area contributed by atoms with Crippen LogP contribution in [-0.2, 0) is 14.3 Å². The summed E-state index contributed by atoms with van der Waals surface area (Å²) in [5.41, 5.74) is 5.67. The van der Waals surface area contributed by atoms with Gasteiger partial charge in [0.05, 0.1) is 19.8 Å². The highest BCUT2D eigenvalue weighted by atomic mass is 16.5. The van der Waals surface area contributed by atoms with Gasteiger partial charge in [-0.3, -0.25) is 4.79 Å². The molecule has 2 unspecified atom stereocenters. The molecule has 0 aromatic heterocycles. The summed E-state index contributed by atoms with van der Waals surface area (Å²) in [7, 11) is 1.64. The monoisotopic (exact) mass is 258 g/mol. The molecule has 106 valence electrons. The van der Waals surface area contributed by atoms with E-state index < -0.39 is 0 Å². The maximum atomic E-state index is 11.9. The lowest BCUT2D eigenvalue weighted by molar-refractivity contribution is -0.126. The molecule has 1 saturated carbocycles. The maximum absolute atomic E-state index is 11.9. The van der Waals surface area contributed by atoms with Gasteiger partial charge in [0.1, 0.15) is 0 Å². The fourth-order valence-electron chi connectivity index (χ4n) is 2.38. The number of hydrogen-bond donors (Lipinski definition) is 2. The molecule has 0 heterocycles. The van der Waals surface area contributed by atoms with Crippen LogP contribution in [0.3, 0.4) is 0 Å². The third-order valence-corrected chi connectivity index (χ3v) is 3.46. The van der Waals surface area contributed by atoms with Gasteiger partial charge < -0.3 is 20.5 Å². The molecule has 3 N–H and O–H groups in total. The normalized spacial score (nSPS) is 23.9. The van der Waals surface area contributed by atoms with E-state index in [1.165, 1.54) is 6.42 Å². The van der Waals surface area contributed by atoms with Gasteiger partial charge in [0.15, 0.2) is 0 Å². The molecule has 0 aliphatic heterocycles. The first-order valence-electron chi connectivity index (χ1n) is 6.82. The van der Waals surface area contributed by atoms with E-state index in [2.05, 4.69) is 5.32 Å². The first kappa shape index (κ1) is 15.4. The van der Waals surface area contributed by atoms with Crippen LogP contribution in [0.25, 0.3) is 0 Å². The van der Waals surface area contributed by atoms with Gasteiger partial charge >= 0.3 is 0 Å². The molecular weight excluding hydrogens is 232 g/mol. The van der Waals surface area contributed by atoms with Crippen molar-refractivity contribution in [1.29, 1.82) is 0 Å². The lowest BCUT2D eigenvalue weighted by Crippen LogP contribution is -2.36. The van der Waals surface area contributed by atoms with Crippen LogP contribution in [0, 0.1) is 11.8 Å². The second-order valence-electron chi connectivity index (χ2n) is 4.86. The molecular formula is C13H26N2O3. The van der Waals surface area contributed by atoms with Crippen molar-refractivity contribution in [2.45, 2.75) is 25.7 Å². The van der Waals surface area contributed by atoms with Crippen LogP contribution in [0.5, 0.6) is 0 Å². The third-order valence-electron chi connectivity index (χ3n) is 3.46. The van der Waals surface area contributed by atoms with Crippen LogP contribution in [0.2, 0.25) is 0 Å². The van der Waals surface area contributed by atoms with Gasteiger partial charge in [0.25, 0.3) is 0 Å². The van der Waals surface area contributed by atoms with Crippen molar-refractivity contribution in [2.75, 3.05) is 40.0 Å². The summed E-state index contributed by atoms with van der Waals surface area (Å²) in [6.07, 6.45) is 4.21. The molecule has 1 amide bonds.